The van der Waals surface area contributed by atoms with Crippen LogP contribution >= 0.6 is 0 Å². The van der Waals surface area contributed by atoms with Gasteiger partial charge in [0, 0.05) is 0 Å². The lowest BCUT2D eigenvalue weighted by atomic mass is 10.2. The summed E-state index contributed by atoms with van der Waals surface area (Å²) >= 11 is 0. The van der Waals surface area contributed by atoms with Gasteiger partial charge in [0.1, 0.15) is 0 Å². The monoisotopic (exact) mass is 241 g/mol. The molecule has 0 bridgehead atoms. The fourth-order valence-electron chi connectivity index (χ4n) is 1.24. The summed E-state index contributed by atoms with van der Waals surface area (Å²) in [6, 6.07) is 0. The van der Waals surface area contributed by atoms with E-state index in [1.165, 1.54) is 0 Å². The minimum Gasteiger partial charge on any atom is -0.478 e. The Hall–Kier alpha value is -1.23. The summed E-state index contributed by atoms with van der Waals surface area (Å²) in [5, 5.41) is 19.1. The first-order chi connectivity index (χ1) is 6.65. The van der Waals surface area contributed by atoms with Crippen LogP contribution in [0.4, 0.5) is 0 Å². The molecule has 10 heteroatoms. The van der Waals surface area contributed by atoms with E-state index >= 15 is 0 Å². The highest BCUT2D eigenvalue weighted by atomic mass is 32.2. The highest BCUT2D eigenvalue weighted by Crippen LogP contribution is 2.49. The van der Waals surface area contributed by atoms with Crippen molar-refractivity contribution in [2.45, 2.75) is 10.7 Å². The number of epoxide rings is 1. The third-order valence-electron chi connectivity index (χ3n) is 2.02. The van der Waals surface area contributed by atoms with Crippen LogP contribution in [-0.2, 0) is 24.4 Å². The predicted molar refractivity (Wildman–Crippen MR) is 42.4 cm³/mol. The van der Waals surface area contributed by atoms with Crippen molar-refractivity contribution in [3.8, 4) is 0 Å². The number of carboxylic acids is 2. The Morgan fingerprint density at radius 2 is 1.73 bits per heavy atom. The van der Waals surface area contributed by atoms with Crippen molar-refractivity contribution in [2.75, 3.05) is 7.05 Å². The fourth-order valence-corrected chi connectivity index (χ4v) is 2.24. The first-order valence-corrected chi connectivity index (χ1v) is 4.92. The van der Waals surface area contributed by atoms with Gasteiger partial charge >= 0.3 is 27.0 Å². The molecule has 86 valence electrons. The molecule has 0 aromatic rings. The normalized spacial score (nSPS) is 34.8. The number of hydrogen-bond acceptors (Lipinski definition) is 6. The van der Waals surface area contributed by atoms with Gasteiger partial charge in [0.2, 0.25) is 0 Å². The zero-order valence-electron chi connectivity index (χ0n) is 7.29. The number of ether oxygens (including phenoxy) is 1. The summed E-state index contributed by atoms with van der Waals surface area (Å²) < 4.78 is 34.4. The molecule has 0 amide bonds. The number of rotatable bonds is 4. The Morgan fingerprint density at radius 3 is 1.80 bits per heavy atom. The van der Waals surface area contributed by atoms with Crippen molar-refractivity contribution in [3.05, 3.63) is 0 Å². The number of likely N-dealkylation sites (N-methyl/N-ethyl adjacent to an activating group) is 1. The van der Waals surface area contributed by atoms with E-state index in [4.69, 9.17) is 14.8 Å². The molecule has 2 atom stereocenters. The quantitative estimate of drug-likeness (QED) is 0.313. The molecule has 1 aliphatic heterocycles. The predicted octanol–water partition coefficient (Wildman–Crippen LogP) is -2.31. The third-order valence-corrected chi connectivity index (χ3v) is 3.29. The average molecular weight is 241 g/mol. The summed E-state index contributed by atoms with van der Waals surface area (Å²) in [6.45, 7) is 0. The molecule has 0 aliphatic carbocycles. The molecule has 15 heavy (non-hydrogen) atoms. The average Bonchev–Trinajstić information content (AvgIpc) is 2.74. The Balaban J connectivity index is 3.36. The molecular formula is C5H7NO8S. The molecule has 9 nitrogen and oxygen atoms in total. The van der Waals surface area contributed by atoms with E-state index in [2.05, 4.69) is 4.74 Å². The lowest BCUT2D eigenvalue weighted by Crippen LogP contribution is -2.51. The van der Waals surface area contributed by atoms with Crippen LogP contribution in [0.25, 0.3) is 0 Å². The molecule has 1 rings (SSSR count). The van der Waals surface area contributed by atoms with Crippen molar-refractivity contribution < 1.29 is 37.5 Å². The Bertz CT molecular complexity index is 428. The van der Waals surface area contributed by atoms with Gasteiger partial charge in [-0.25, -0.2) is 9.59 Å². The zero-order chi connectivity index (χ0) is 12.1. The standard InChI is InChI=1S/C5H7NO8S/c1-6-4(2(7)8)5(14-4,3(9)10)15(11,12)13/h6H,1H3,(H,7,8)(H,9,10)(H,11,12,13). The van der Waals surface area contributed by atoms with E-state index < -0.39 is 32.7 Å². The Kier molecular flexibility index (Phi) is 2.28. The van der Waals surface area contributed by atoms with Crippen LogP contribution in [0.1, 0.15) is 0 Å². The van der Waals surface area contributed by atoms with Crippen LogP contribution in [0, 0.1) is 0 Å². The molecule has 2 unspecified atom stereocenters. The fraction of sp³-hybridized carbons (Fsp3) is 0.600. The molecule has 1 fully saturated rings. The van der Waals surface area contributed by atoms with E-state index in [-0.39, 0.29) is 0 Å². The highest BCUT2D eigenvalue weighted by molar-refractivity contribution is 7.88. The van der Waals surface area contributed by atoms with Gasteiger partial charge in [-0.15, -0.1) is 0 Å². The molecule has 1 heterocycles. The Labute approximate surface area is 83.4 Å². The molecule has 0 aromatic heterocycles. The zero-order valence-corrected chi connectivity index (χ0v) is 8.11. The molecule has 0 saturated carbocycles. The van der Waals surface area contributed by atoms with Crippen molar-refractivity contribution in [2.24, 2.45) is 0 Å². The van der Waals surface area contributed by atoms with Gasteiger partial charge in [0.25, 0.3) is 5.72 Å². The minimum absolute atomic E-state index is 0.990. The second kappa shape index (κ2) is 2.88. The van der Waals surface area contributed by atoms with Gasteiger partial charge in [0.15, 0.2) is 0 Å². The summed E-state index contributed by atoms with van der Waals surface area (Å²) in [7, 11) is -4.23. The number of aliphatic carboxylic acids is 2. The van der Waals surface area contributed by atoms with Crippen LogP contribution in [0.3, 0.4) is 0 Å². The van der Waals surface area contributed by atoms with Gasteiger partial charge in [-0.1, -0.05) is 0 Å². The summed E-state index contributed by atoms with van der Waals surface area (Å²) in [4.78, 5) is 18.1. The van der Waals surface area contributed by atoms with Gasteiger partial charge in [-0.05, 0) is 7.05 Å². The first kappa shape index (κ1) is 11.8. The van der Waals surface area contributed by atoms with E-state index in [1.54, 1.807) is 0 Å². The van der Waals surface area contributed by atoms with Gasteiger partial charge in [-0.2, -0.15) is 8.42 Å². The van der Waals surface area contributed by atoms with E-state index in [0.29, 0.717) is 0 Å². The number of nitrogens with one attached hydrogen (secondary N) is 1. The van der Waals surface area contributed by atoms with Crippen LogP contribution < -0.4 is 5.32 Å². The molecule has 1 aliphatic rings. The van der Waals surface area contributed by atoms with Crippen molar-refractivity contribution >= 4 is 22.1 Å². The molecule has 0 radical (unpaired) electrons. The topological polar surface area (TPSA) is 154 Å². The van der Waals surface area contributed by atoms with Gasteiger partial charge in [-0.3, -0.25) is 9.87 Å². The summed E-state index contributed by atoms with van der Waals surface area (Å²) in [5.74, 6) is -3.97. The second-order valence-corrected chi connectivity index (χ2v) is 4.26. The second-order valence-electron chi connectivity index (χ2n) is 2.74. The van der Waals surface area contributed by atoms with Crippen LogP contribution in [0.15, 0.2) is 0 Å². The molecule has 4 N–H and O–H groups in total. The lowest BCUT2D eigenvalue weighted by molar-refractivity contribution is -0.146. The van der Waals surface area contributed by atoms with E-state index in [9.17, 15) is 18.0 Å². The number of carbonyl (C=O) groups is 2. The number of hydrogen-bond donors (Lipinski definition) is 4. The van der Waals surface area contributed by atoms with E-state index in [0.717, 1.165) is 7.05 Å². The SMILES string of the molecule is CNC1(C(=O)O)OC1(C(=O)O)S(=O)(=O)O. The largest absolute Gasteiger partial charge is 0.478 e. The summed E-state index contributed by atoms with van der Waals surface area (Å²) in [5.41, 5.74) is -2.66. The van der Waals surface area contributed by atoms with Crippen LogP contribution in [-0.4, -0.2) is 52.8 Å². The maximum Gasteiger partial charge on any atom is 0.360 e. The molecule has 1 saturated heterocycles. The van der Waals surface area contributed by atoms with Gasteiger partial charge < -0.3 is 14.9 Å². The highest BCUT2D eigenvalue weighted by Gasteiger charge is 2.88. The third kappa shape index (κ3) is 1.16. The first-order valence-electron chi connectivity index (χ1n) is 3.48. The van der Waals surface area contributed by atoms with Crippen LogP contribution in [0.2, 0.25) is 0 Å². The van der Waals surface area contributed by atoms with Gasteiger partial charge in [0.05, 0.1) is 0 Å². The summed E-state index contributed by atoms with van der Waals surface area (Å²) in [6.07, 6.45) is 0. The van der Waals surface area contributed by atoms with Crippen LogP contribution in [0.5, 0.6) is 0 Å². The number of carboxylic acid groups (broad SMARTS) is 2. The van der Waals surface area contributed by atoms with Crippen molar-refractivity contribution in [1.82, 2.24) is 5.32 Å². The van der Waals surface area contributed by atoms with Crippen molar-refractivity contribution in [3.63, 3.8) is 0 Å². The minimum atomic E-state index is -5.22. The Morgan fingerprint density at radius 1 is 1.27 bits per heavy atom. The van der Waals surface area contributed by atoms with Crippen molar-refractivity contribution in [1.29, 1.82) is 0 Å². The molecule has 0 spiro atoms. The lowest BCUT2D eigenvalue weighted by Gasteiger charge is -2.09. The smallest absolute Gasteiger partial charge is 0.360 e. The maximum atomic E-state index is 10.8. The molecule has 0 aromatic carbocycles. The van der Waals surface area contributed by atoms with E-state index in [1.807, 2.05) is 5.32 Å². The molecular weight excluding hydrogens is 234 g/mol. The maximum absolute atomic E-state index is 10.8.